The first-order chi connectivity index (χ1) is 8.83. The number of nitrogens with one attached hydrogen (secondary N) is 1. The van der Waals surface area contributed by atoms with E-state index >= 15 is 0 Å². The molecule has 1 saturated heterocycles. The minimum absolute atomic E-state index is 0.323. The number of aromatic nitrogens is 1. The highest BCUT2D eigenvalue weighted by Crippen LogP contribution is 2.23. The Morgan fingerprint density at radius 3 is 3.17 bits per heavy atom. The van der Waals surface area contributed by atoms with Crippen LogP contribution in [-0.4, -0.2) is 24.7 Å². The van der Waals surface area contributed by atoms with E-state index in [0.717, 1.165) is 42.1 Å². The van der Waals surface area contributed by atoms with Gasteiger partial charge >= 0.3 is 0 Å². The van der Waals surface area contributed by atoms with E-state index < -0.39 is 0 Å². The second-order valence-corrected chi connectivity index (χ2v) is 4.95. The Bertz CT molecular complexity index is 550. The highest BCUT2D eigenvalue weighted by atomic mass is 35.5. The summed E-state index contributed by atoms with van der Waals surface area (Å²) in [6.07, 6.45) is 2.92. The van der Waals surface area contributed by atoms with Gasteiger partial charge in [0, 0.05) is 35.8 Å². The van der Waals surface area contributed by atoms with E-state index in [4.69, 9.17) is 16.3 Å². The van der Waals surface area contributed by atoms with Crippen LogP contribution in [0.3, 0.4) is 0 Å². The van der Waals surface area contributed by atoms with Gasteiger partial charge in [-0.1, -0.05) is 11.6 Å². The first-order valence-corrected chi connectivity index (χ1v) is 6.57. The van der Waals surface area contributed by atoms with Crippen molar-refractivity contribution < 1.29 is 4.74 Å². The average Bonchev–Trinajstić information content (AvgIpc) is 2.66. The molecule has 18 heavy (non-hydrogen) atoms. The maximum absolute atomic E-state index is 6.02. The molecular weight excluding hydrogens is 248 g/mol. The third kappa shape index (κ3) is 2.48. The molecule has 0 spiro atoms. The van der Waals surface area contributed by atoms with Crippen molar-refractivity contribution in [1.82, 2.24) is 10.3 Å². The first-order valence-electron chi connectivity index (χ1n) is 6.19. The van der Waals surface area contributed by atoms with Crippen molar-refractivity contribution in [3.63, 3.8) is 0 Å². The van der Waals surface area contributed by atoms with Gasteiger partial charge in [0.2, 0.25) is 0 Å². The van der Waals surface area contributed by atoms with Crippen LogP contribution in [0.5, 0.6) is 0 Å². The largest absolute Gasteiger partial charge is 0.380 e. The lowest BCUT2D eigenvalue weighted by Crippen LogP contribution is -2.22. The van der Waals surface area contributed by atoms with E-state index in [1.165, 1.54) is 5.56 Å². The van der Waals surface area contributed by atoms with E-state index in [9.17, 15) is 0 Å². The van der Waals surface area contributed by atoms with Gasteiger partial charge < -0.3 is 10.1 Å². The SMILES string of the molecule is Clc1ccc2ncc(C3CCOCCN3)cc2c1. The topological polar surface area (TPSA) is 34.1 Å². The molecule has 0 radical (unpaired) electrons. The average molecular weight is 263 g/mol. The number of hydrogen-bond acceptors (Lipinski definition) is 3. The molecule has 2 aromatic rings. The van der Waals surface area contributed by atoms with Crippen LogP contribution in [0.2, 0.25) is 5.02 Å². The van der Waals surface area contributed by atoms with Gasteiger partial charge in [-0.05, 0) is 36.2 Å². The summed E-state index contributed by atoms with van der Waals surface area (Å²) in [5.74, 6) is 0. The number of ether oxygens (including phenoxy) is 1. The summed E-state index contributed by atoms with van der Waals surface area (Å²) in [5.41, 5.74) is 2.18. The normalized spacial score (nSPS) is 20.8. The molecule has 1 fully saturated rings. The summed E-state index contributed by atoms with van der Waals surface area (Å²) in [5, 5.41) is 5.32. The van der Waals surface area contributed by atoms with Crippen molar-refractivity contribution in [3.8, 4) is 0 Å². The number of fused-ring (bicyclic) bond motifs is 1. The molecule has 4 heteroatoms. The molecule has 1 aromatic heterocycles. The molecule has 3 nitrogen and oxygen atoms in total. The molecule has 1 atom stereocenters. The molecule has 1 aliphatic rings. The summed E-state index contributed by atoms with van der Waals surface area (Å²) in [4.78, 5) is 4.49. The Labute approximate surface area is 111 Å². The number of rotatable bonds is 1. The Hall–Kier alpha value is -1.16. The molecule has 1 aromatic carbocycles. The van der Waals surface area contributed by atoms with Gasteiger partial charge in [-0.2, -0.15) is 0 Å². The molecular formula is C14H15ClN2O. The smallest absolute Gasteiger partial charge is 0.0703 e. The molecule has 1 unspecified atom stereocenters. The third-order valence-corrected chi connectivity index (χ3v) is 3.49. The monoisotopic (exact) mass is 262 g/mol. The summed E-state index contributed by atoms with van der Waals surface area (Å²) in [6.45, 7) is 2.47. The molecule has 0 aliphatic carbocycles. The third-order valence-electron chi connectivity index (χ3n) is 3.25. The quantitative estimate of drug-likeness (QED) is 0.858. The molecule has 2 heterocycles. The van der Waals surface area contributed by atoms with E-state index in [0.29, 0.717) is 6.04 Å². The van der Waals surface area contributed by atoms with Crippen molar-refractivity contribution in [2.75, 3.05) is 19.8 Å². The van der Waals surface area contributed by atoms with Crippen LogP contribution in [0, 0.1) is 0 Å². The molecule has 0 bridgehead atoms. The van der Waals surface area contributed by atoms with Crippen molar-refractivity contribution in [2.24, 2.45) is 0 Å². The Morgan fingerprint density at radius 2 is 2.22 bits per heavy atom. The number of benzene rings is 1. The number of nitrogens with zero attached hydrogens (tertiary/aromatic N) is 1. The van der Waals surface area contributed by atoms with Gasteiger partial charge in [0.1, 0.15) is 0 Å². The fourth-order valence-electron chi connectivity index (χ4n) is 2.31. The Balaban J connectivity index is 1.96. The molecule has 1 aliphatic heterocycles. The number of pyridine rings is 1. The van der Waals surface area contributed by atoms with E-state index in [1.54, 1.807) is 0 Å². The highest BCUT2D eigenvalue weighted by Gasteiger charge is 2.14. The van der Waals surface area contributed by atoms with Crippen LogP contribution in [0.25, 0.3) is 10.9 Å². The predicted octanol–water partition coefficient (Wildman–Crippen LogP) is 2.94. The number of halogens is 1. The van der Waals surface area contributed by atoms with Gasteiger partial charge in [-0.15, -0.1) is 0 Å². The fourth-order valence-corrected chi connectivity index (χ4v) is 2.49. The van der Waals surface area contributed by atoms with Crippen LogP contribution in [0.4, 0.5) is 0 Å². The van der Waals surface area contributed by atoms with Gasteiger partial charge in [0.05, 0.1) is 12.1 Å². The Morgan fingerprint density at radius 1 is 1.28 bits per heavy atom. The summed E-state index contributed by atoms with van der Waals surface area (Å²) in [7, 11) is 0. The molecule has 0 saturated carbocycles. The first kappa shape index (κ1) is 11.9. The van der Waals surface area contributed by atoms with Crippen LogP contribution >= 0.6 is 11.6 Å². The molecule has 94 valence electrons. The van der Waals surface area contributed by atoms with E-state index in [2.05, 4.69) is 16.4 Å². The van der Waals surface area contributed by atoms with Gasteiger partial charge in [0.15, 0.2) is 0 Å². The van der Waals surface area contributed by atoms with Crippen molar-refractivity contribution in [2.45, 2.75) is 12.5 Å². The number of hydrogen-bond donors (Lipinski definition) is 1. The lowest BCUT2D eigenvalue weighted by Gasteiger charge is -2.15. The zero-order chi connectivity index (χ0) is 12.4. The zero-order valence-corrected chi connectivity index (χ0v) is 10.8. The van der Waals surface area contributed by atoms with Gasteiger partial charge in [-0.25, -0.2) is 0 Å². The minimum atomic E-state index is 0.323. The Kier molecular flexibility index (Phi) is 3.46. The van der Waals surface area contributed by atoms with Crippen molar-refractivity contribution in [1.29, 1.82) is 0 Å². The molecule has 0 amide bonds. The van der Waals surface area contributed by atoms with Gasteiger partial charge in [-0.3, -0.25) is 4.98 Å². The van der Waals surface area contributed by atoms with E-state index in [1.807, 2.05) is 24.4 Å². The van der Waals surface area contributed by atoms with E-state index in [-0.39, 0.29) is 0 Å². The zero-order valence-electron chi connectivity index (χ0n) is 10.0. The second kappa shape index (κ2) is 5.22. The van der Waals surface area contributed by atoms with Gasteiger partial charge in [0.25, 0.3) is 0 Å². The van der Waals surface area contributed by atoms with Crippen molar-refractivity contribution >= 4 is 22.5 Å². The predicted molar refractivity (Wildman–Crippen MR) is 72.9 cm³/mol. The summed E-state index contributed by atoms with van der Waals surface area (Å²) >= 11 is 6.02. The maximum atomic E-state index is 6.02. The van der Waals surface area contributed by atoms with Crippen LogP contribution in [0.15, 0.2) is 30.5 Å². The molecule has 1 N–H and O–H groups in total. The lowest BCUT2D eigenvalue weighted by molar-refractivity contribution is 0.150. The lowest BCUT2D eigenvalue weighted by atomic mass is 10.0. The second-order valence-electron chi connectivity index (χ2n) is 4.51. The van der Waals surface area contributed by atoms with Crippen LogP contribution in [-0.2, 0) is 4.74 Å². The fraction of sp³-hybridized carbons (Fsp3) is 0.357. The summed E-state index contributed by atoms with van der Waals surface area (Å²) < 4.78 is 5.45. The van der Waals surface area contributed by atoms with Crippen LogP contribution in [0.1, 0.15) is 18.0 Å². The minimum Gasteiger partial charge on any atom is -0.380 e. The highest BCUT2D eigenvalue weighted by molar-refractivity contribution is 6.31. The standard InChI is InChI=1S/C14H15ClN2O/c15-12-1-2-13-10(8-12)7-11(9-17-13)14-3-5-18-6-4-16-14/h1-2,7-9,14,16H,3-6H2. The molecule has 3 rings (SSSR count). The van der Waals surface area contributed by atoms with Crippen LogP contribution < -0.4 is 5.32 Å². The summed E-state index contributed by atoms with van der Waals surface area (Å²) in [6, 6.07) is 8.26. The maximum Gasteiger partial charge on any atom is 0.0703 e. The van der Waals surface area contributed by atoms with Crippen molar-refractivity contribution in [3.05, 3.63) is 41.0 Å².